The van der Waals surface area contributed by atoms with Gasteiger partial charge >= 0.3 is 0 Å². The van der Waals surface area contributed by atoms with Crippen LogP contribution in [-0.4, -0.2) is 20.1 Å². The van der Waals surface area contributed by atoms with Gasteiger partial charge in [-0.05, 0) is 25.2 Å². The molecule has 2 heterocycles. The first-order chi connectivity index (χ1) is 8.18. The summed E-state index contributed by atoms with van der Waals surface area (Å²) >= 11 is 1.64. The molecule has 4 heteroatoms. The van der Waals surface area contributed by atoms with Crippen LogP contribution in [0.1, 0.15) is 38.3 Å². The Morgan fingerprint density at radius 2 is 2.53 bits per heavy atom. The van der Waals surface area contributed by atoms with Gasteiger partial charge in [0.2, 0.25) is 0 Å². The van der Waals surface area contributed by atoms with Crippen molar-refractivity contribution in [2.24, 2.45) is 5.92 Å². The lowest BCUT2D eigenvalue weighted by atomic mass is 9.94. The molecule has 17 heavy (non-hydrogen) atoms. The van der Waals surface area contributed by atoms with Gasteiger partial charge in [0.05, 0.1) is 11.3 Å². The smallest absolute Gasteiger partial charge is 0.193 e. The third kappa shape index (κ3) is 2.11. The quantitative estimate of drug-likeness (QED) is 0.909. The lowest BCUT2D eigenvalue weighted by Gasteiger charge is -2.21. The number of rotatable bonds is 3. The monoisotopic (exact) mass is 250 g/mol. The van der Waals surface area contributed by atoms with Gasteiger partial charge in [-0.1, -0.05) is 13.3 Å². The molecule has 1 N–H and O–H groups in total. The molecule has 0 saturated heterocycles. The summed E-state index contributed by atoms with van der Waals surface area (Å²) in [5.74, 6) is 0.698. The summed E-state index contributed by atoms with van der Waals surface area (Å²) in [4.78, 5) is 5.58. The lowest BCUT2D eigenvalue weighted by molar-refractivity contribution is 0.0428. The summed E-state index contributed by atoms with van der Waals surface area (Å²) in [6.45, 7) is 2.21. The molecule has 0 bridgehead atoms. The molecule has 3 nitrogen and oxygen atoms in total. The first kappa shape index (κ1) is 11.2. The Kier molecular flexibility index (Phi) is 2.71. The Morgan fingerprint density at radius 1 is 1.65 bits per heavy atom. The highest BCUT2D eigenvalue weighted by molar-refractivity contribution is 7.15. The number of nitrogens with zero attached hydrogens (tertiary/aromatic N) is 2. The average molecular weight is 250 g/mol. The molecule has 0 aromatic carbocycles. The zero-order valence-electron chi connectivity index (χ0n) is 10.1. The first-order valence-electron chi connectivity index (χ1n) is 6.32. The van der Waals surface area contributed by atoms with Gasteiger partial charge in [-0.15, -0.1) is 11.3 Å². The highest BCUT2D eigenvalue weighted by Gasteiger charge is 2.37. The molecule has 2 atom stereocenters. The van der Waals surface area contributed by atoms with Crippen molar-refractivity contribution in [3.8, 4) is 0 Å². The van der Waals surface area contributed by atoms with Crippen molar-refractivity contribution in [2.75, 3.05) is 0 Å². The van der Waals surface area contributed by atoms with Crippen LogP contribution in [0.3, 0.4) is 0 Å². The van der Waals surface area contributed by atoms with E-state index in [2.05, 4.69) is 11.9 Å². The molecular formula is C13H18N2OS. The minimum atomic E-state index is -0.509. The molecule has 1 saturated carbocycles. The van der Waals surface area contributed by atoms with Gasteiger partial charge in [0.25, 0.3) is 0 Å². The molecular weight excluding hydrogens is 232 g/mol. The Bertz CT molecular complexity index is 490. The van der Waals surface area contributed by atoms with E-state index in [1.165, 1.54) is 6.42 Å². The zero-order valence-corrected chi connectivity index (χ0v) is 10.9. The third-order valence-corrected chi connectivity index (χ3v) is 4.69. The second-order valence-electron chi connectivity index (χ2n) is 5.24. The van der Waals surface area contributed by atoms with Crippen molar-refractivity contribution in [3.63, 3.8) is 0 Å². The van der Waals surface area contributed by atoms with Crippen molar-refractivity contribution in [1.29, 1.82) is 0 Å². The van der Waals surface area contributed by atoms with E-state index < -0.39 is 5.60 Å². The molecule has 3 rings (SSSR count). The minimum absolute atomic E-state index is 0.509. The maximum absolute atomic E-state index is 10.6. The van der Waals surface area contributed by atoms with Crippen LogP contribution in [0.2, 0.25) is 0 Å². The van der Waals surface area contributed by atoms with Gasteiger partial charge in [0.15, 0.2) is 4.96 Å². The van der Waals surface area contributed by atoms with Crippen LogP contribution in [0.5, 0.6) is 0 Å². The fourth-order valence-corrected chi connectivity index (χ4v) is 3.64. The van der Waals surface area contributed by atoms with Crippen LogP contribution < -0.4 is 0 Å². The maximum atomic E-state index is 10.6. The van der Waals surface area contributed by atoms with Crippen molar-refractivity contribution in [2.45, 2.75) is 44.6 Å². The number of fused-ring (bicyclic) bond motifs is 1. The Morgan fingerprint density at radius 3 is 3.24 bits per heavy atom. The van der Waals surface area contributed by atoms with Crippen molar-refractivity contribution in [1.82, 2.24) is 9.38 Å². The van der Waals surface area contributed by atoms with E-state index in [0.717, 1.165) is 29.9 Å². The molecule has 92 valence electrons. The number of hydrogen-bond acceptors (Lipinski definition) is 3. The van der Waals surface area contributed by atoms with Gasteiger partial charge in [0, 0.05) is 24.2 Å². The molecule has 1 fully saturated rings. The summed E-state index contributed by atoms with van der Waals surface area (Å²) in [5.41, 5.74) is 0.515. The first-order valence-corrected chi connectivity index (χ1v) is 7.20. The number of hydrogen-bond donors (Lipinski definition) is 1. The normalized spacial score (nSPS) is 29.2. The number of thiazole rings is 1. The molecule has 0 radical (unpaired) electrons. The van der Waals surface area contributed by atoms with Gasteiger partial charge in [-0.2, -0.15) is 0 Å². The molecule has 2 aromatic heterocycles. The lowest BCUT2D eigenvalue weighted by Crippen LogP contribution is -2.28. The molecule has 2 unspecified atom stereocenters. The highest BCUT2D eigenvalue weighted by Crippen LogP contribution is 2.38. The van der Waals surface area contributed by atoms with E-state index in [1.807, 2.05) is 22.2 Å². The van der Waals surface area contributed by atoms with E-state index in [-0.39, 0.29) is 0 Å². The largest absolute Gasteiger partial charge is 0.389 e. The predicted octanol–water partition coefficient (Wildman–Crippen LogP) is 2.88. The Hall–Kier alpha value is -0.870. The van der Waals surface area contributed by atoms with Crippen LogP contribution >= 0.6 is 11.3 Å². The van der Waals surface area contributed by atoms with Crippen LogP contribution in [0, 0.1) is 5.92 Å². The summed E-state index contributed by atoms with van der Waals surface area (Å²) in [6, 6.07) is 0. The van der Waals surface area contributed by atoms with Gasteiger partial charge in [0.1, 0.15) is 0 Å². The number of aromatic nitrogens is 2. The molecule has 1 aliphatic carbocycles. The van der Waals surface area contributed by atoms with Crippen molar-refractivity contribution in [3.05, 3.63) is 23.5 Å². The molecule has 0 aliphatic heterocycles. The summed E-state index contributed by atoms with van der Waals surface area (Å²) in [7, 11) is 0. The van der Waals surface area contributed by atoms with Crippen LogP contribution in [-0.2, 0) is 6.42 Å². The minimum Gasteiger partial charge on any atom is -0.389 e. The second-order valence-corrected chi connectivity index (χ2v) is 6.12. The Balaban J connectivity index is 1.76. The summed E-state index contributed by atoms with van der Waals surface area (Å²) in [5, 5.41) is 12.6. The zero-order chi connectivity index (χ0) is 11.9. The molecule has 0 amide bonds. The topological polar surface area (TPSA) is 37.5 Å². The molecule has 1 aliphatic rings. The fourth-order valence-electron chi connectivity index (χ4n) is 2.92. The van der Waals surface area contributed by atoms with E-state index in [0.29, 0.717) is 12.3 Å². The maximum Gasteiger partial charge on any atom is 0.193 e. The van der Waals surface area contributed by atoms with Crippen molar-refractivity contribution >= 4 is 16.3 Å². The van der Waals surface area contributed by atoms with Crippen LogP contribution in [0.15, 0.2) is 17.8 Å². The SMILES string of the molecule is CCC1CCC(O)(Cc2cn3ccsc3n2)C1. The van der Waals surface area contributed by atoms with E-state index in [9.17, 15) is 5.11 Å². The second kappa shape index (κ2) is 4.10. The van der Waals surface area contributed by atoms with E-state index >= 15 is 0 Å². The third-order valence-electron chi connectivity index (χ3n) is 3.92. The predicted molar refractivity (Wildman–Crippen MR) is 69.4 cm³/mol. The number of aliphatic hydroxyl groups is 1. The van der Waals surface area contributed by atoms with E-state index in [4.69, 9.17) is 0 Å². The highest BCUT2D eigenvalue weighted by atomic mass is 32.1. The standard InChI is InChI=1S/C13H18N2OS/c1-2-10-3-4-13(16,7-10)8-11-9-15-5-6-17-12(15)14-11/h5-6,9-10,16H,2-4,7-8H2,1H3. The van der Waals surface area contributed by atoms with Crippen LogP contribution in [0.25, 0.3) is 4.96 Å². The van der Waals surface area contributed by atoms with Crippen LogP contribution in [0.4, 0.5) is 0 Å². The average Bonchev–Trinajstić information content (AvgIpc) is 2.92. The van der Waals surface area contributed by atoms with Gasteiger partial charge in [-0.3, -0.25) is 4.40 Å². The Labute approximate surface area is 105 Å². The molecule has 0 spiro atoms. The molecule has 2 aromatic rings. The number of imidazole rings is 1. The van der Waals surface area contributed by atoms with E-state index in [1.54, 1.807) is 11.3 Å². The fraction of sp³-hybridized carbons (Fsp3) is 0.615. The van der Waals surface area contributed by atoms with Gasteiger partial charge < -0.3 is 5.11 Å². The summed E-state index contributed by atoms with van der Waals surface area (Å²) < 4.78 is 2.04. The van der Waals surface area contributed by atoms with Crippen molar-refractivity contribution < 1.29 is 5.11 Å². The summed E-state index contributed by atoms with van der Waals surface area (Å²) in [6.07, 6.45) is 8.98. The van der Waals surface area contributed by atoms with Gasteiger partial charge in [-0.25, -0.2) is 4.98 Å².